The van der Waals surface area contributed by atoms with Crippen LogP contribution in [0.3, 0.4) is 0 Å². The molecule has 120 valence electrons. The maximum atomic E-state index is 12.6. The van der Waals surface area contributed by atoms with E-state index < -0.39 is 21.6 Å². The van der Waals surface area contributed by atoms with Crippen LogP contribution in [0.5, 0.6) is 5.75 Å². The number of fused-ring (bicyclic) bond motifs is 1. The van der Waals surface area contributed by atoms with Crippen LogP contribution in [-0.4, -0.2) is 40.8 Å². The number of nitrogens with one attached hydrogen (secondary N) is 2. The highest BCUT2D eigenvalue weighted by Gasteiger charge is 2.24. The second-order valence-corrected chi connectivity index (χ2v) is 6.43. The quantitative estimate of drug-likeness (QED) is 0.638. The molecular weight excluding hydrogens is 326 g/mol. The van der Waals surface area contributed by atoms with Gasteiger partial charge in [0.2, 0.25) is 0 Å². The lowest BCUT2D eigenvalue weighted by Gasteiger charge is -2.05. The van der Waals surface area contributed by atoms with E-state index in [1.807, 2.05) is 0 Å². The molecule has 10 heteroatoms. The first-order valence-corrected chi connectivity index (χ1v) is 7.74. The van der Waals surface area contributed by atoms with Crippen LogP contribution in [0.4, 0.5) is 0 Å². The van der Waals surface area contributed by atoms with Crippen LogP contribution in [0, 0.1) is 0 Å². The van der Waals surface area contributed by atoms with Gasteiger partial charge < -0.3 is 14.8 Å². The Hall–Kier alpha value is -3.01. The highest BCUT2D eigenvalue weighted by Crippen LogP contribution is 2.22. The number of carboxylic acid groups (broad SMARTS) is 1. The Balaban J connectivity index is 2.25. The first-order chi connectivity index (χ1) is 10.8. The summed E-state index contributed by atoms with van der Waals surface area (Å²) in [4.78, 5) is 24.8. The van der Waals surface area contributed by atoms with E-state index in [0.717, 1.165) is 12.3 Å². The summed E-state index contributed by atoms with van der Waals surface area (Å²) in [5.41, 5.74) is -0.757. The highest BCUT2D eigenvalue weighted by atomic mass is 32.2. The zero-order chi connectivity index (χ0) is 16.8. The van der Waals surface area contributed by atoms with Gasteiger partial charge in [0.05, 0.1) is 18.0 Å². The van der Waals surface area contributed by atoms with Gasteiger partial charge in [0.1, 0.15) is 16.3 Å². The van der Waals surface area contributed by atoms with Crippen molar-refractivity contribution in [2.45, 2.75) is 4.90 Å². The second kappa shape index (κ2) is 5.02. The molecule has 0 unspecified atom stereocenters. The van der Waals surface area contributed by atoms with E-state index in [-0.39, 0.29) is 21.5 Å². The molecule has 0 amide bonds. The van der Waals surface area contributed by atoms with Crippen LogP contribution >= 0.6 is 0 Å². The summed E-state index contributed by atoms with van der Waals surface area (Å²) in [6, 6.07) is 5.35. The number of H-pyrrole nitrogens is 2. The Morgan fingerprint density at radius 2 is 2.04 bits per heavy atom. The zero-order valence-corrected chi connectivity index (χ0v) is 12.5. The minimum Gasteiger partial charge on any atom is -0.497 e. The van der Waals surface area contributed by atoms with E-state index >= 15 is 0 Å². The molecule has 0 spiro atoms. The van der Waals surface area contributed by atoms with E-state index in [1.165, 1.54) is 25.3 Å². The molecule has 0 aliphatic heterocycles. The molecule has 3 N–H and O–H groups in total. The average Bonchev–Trinajstić information content (AvgIpc) is 3.13. The molecule has 9 nitrogen and oxygen atoms in total. The molecule has 2 heterocycles. The minimum absolute atomic E-state index is 0.104. The lowest BCUT2D eigenvalue weighted by molar-refractivity contribution is 0.0691. The van der Waals surface area contributed by atoms with E-state index in [1.54, 1.807) is 0 Å². The molecule has 0 atom stereocenters. The number of nitrogens with zero attached hydrogens (tertiary/aromatic N) is 1. The lowest BCUT2D eigenvalue weighted by Crippen LogP contribution is -2.16. The number of aromatic nitrogens is 3. The van der Waals surface area contributed by atoms with Crippen LogP contribution in [-0.2, 0) is 10.0 Å². The fraction of sp³-hybridized carbons (Fsp3) is 0.0769. The summed E-state index contributed by atoms with van der Waals surface area (Å²) >= 11 is 0. The number of hydrogen-bond donors (Lipinski definition) is 3. The van der Waals surface area contributed by atoms with Gasteiger partial charge in [0, 0.05) is 12.3 Å². The summed E-state index contributed by atoms with van der Waals surface area (Å²) in [5.74, 6) is -0.917. The van der Waals surface area contributed by atoms with E-state index in [0.29, 0.717) is 9.84 Å². The number of benzene rings is 1. The fourth-order valence-electron chi connectivity index (χ4n) is 2.15. The topological polar surface area (TPSA) is 134 Å². The van der Waals surface area contributed by atoms with Crippen molar-refractivity contribution in [2.75, 3.05) is 7.11 Å². The maximum absolute atomic E-state index is 12.6. The van der Waals surface area contributed by atoms with Crippen molar-refractivity contribution in [1.82, 2.24) is 14.2 Å². The third-order valence-electron chi connectivity index (χ3n) is 3.30. The number of methoxy groups -OCH3 is 1. The number of carboxylic acids is 1. The van der Waals surface area contributed by atoms with Gasteiger partial charge in [0.25, 0.3) is 15.6 Å². The number of aromatic carboxylic acids is 1. The number of ether oxygens (including phenoxy) is 1. The van der Waals surface area contributed by atoms with Crippen molar-refractivity contribution >= 4 is 26.9 Å². The van der Waals surface area contributed by atoms with Crippen molar-refractivity contribution in [3.8, 4) is 5.75 Å². The number of carbonyl (C=O) groups is 1. The third kappa shape index (κ3) is 2.28. The predicted octanol–water partition coefficient (Wildman–Crippen LogP) is 0.601. The Morgan fingerprint density at radius 1 is 1.30 bits per heavy atom. The average molecular weight is 337 g/mol. The van der Waals surface area contributed by atoms with Gasteiger partial charge in [-0.05, 0) is 18.2 Å². The van der Waals surface area contributed by atoms with Gasteiger partial charge in [-0.25, -0.2) is 9.89 Å². The molecule has 0 bridgehead atoms. The summed E-state index contributed by atoms with van der Waals surface area (Å²) in [6.45, 7) is 0. The smallest absolute Gasteiger partial charge is 0.352 e. The molecule has 1 aromatic carbocycles. The monoisotopic (exact) mass is 337 g/mol. The molecule has 0 aliphatic rings. The van der Waals surface area contributed by atoms with Crippen molar-refractivity contribution < 1.29 is 23.1 Å². The highest BCUT2D eigenvalue weighted by molar-refractivity contribution is 7.90. The van der Waals surface area contributed by atoms with Crippen LogP contribution < -0.4 is 10.3 Å². The molecule has 3 rings (SSSR count). The predicted molar refractivity (Wildman–Crippen MR) is 79.4 cm³/mol. The van der Waals surface area contributed by atoms with Gasteiger partial charge in [0.15, 0.2) is 0 Å². The Kier molecular flexibility index (Phi) is 3.25. The fourth-order valence-corrected chi connectivity index (χ4v) is 3.45. The molecule has 0 saturated heterocycles. The largest absolute Gasteiger partial charge is 0.497 e. The van der Waals surface area contributed by atoms with Crippen LogP contribution in [0.25, 0.3) is 10.9 Å². The van der Waals surface area contributed by atoms with Crippen molar-refractivity contribution in [3.05, 3.63) is 46.5 Å². The number of rotatable bonds is 4. The second-order valence-electron chi connectivity index (χ2n) is 4.65. The van der Waals surface area contributed by atoms with Crippen molar-refractivity contribution in [3.63, 3.8) is 0 Å². The van der Waals surface area contributed by atoms with Gasteiger partial charge in [-0.3, -0.25) is 4.79 Å². The first-order valence-electron chi connectivity index (χ1n) is 6.30. The van der Waals surface area contributed by atoms with Gasteiger partial charge >= 0.3 is 5.97 Å². The van der Waals surface area contributed by atoms with Crippen LogP contribution in [0.2, 0.25) is 0 Å². The van der Waals surface area contributed by atoms with E-state index in [4.69, 9.17) is 9.84 Å². The Morgan fingerprint density at radius 3 is 2.65 bits per heavy atom. The first kappa shape index (κ1) is 14.9. The van der Waals surface area contributed by atoms with E-state index in [2.05, 4.69) is 10.1 Å². The summed E-state index contributed by atoms with van der Waals surface area (Å²) in [7, 11) is -2.76. The standard InChI is InChI=1S/C13H11N3O6S/c1-22-7-2-3-9-11(4-7)16(15-12(9)17)23(20,21)8-5-10(13(18)19)14-6-8/h2-6,14H,1H3,(H,15,17)(H,18,19). The normalized spacial score (nSPS) is 11.7. The summed E-state index contributed by atoms with van der Waals surface area (Å²) in [6.07, 6.45) is 1.04. The Bertz CT molecular complexity index is 1070. The van der Waals surface area contributed by atoms with Gasteiger partial charge in [-0.2, -0.15) is 12.5 Å². The molecule has 0 aliphatic carbocycles. The molecule has 2 aromatic heterocycles. The van der Waals surface area contributed by atoms with Crippen LogP contribution in [0.1, 0.15) is 10.5 Å². The SMILES string of the molecule is COc1ccc2c(=O)[nH]n(S(=O)(=O)c3c[nH]c(C(=O)O)c3)c2c1. The third-order valence-corrected chi connectivity index (χ3v) is 4.90. The molecule has 0 saturated carbocycles. The maximum Gasteiger partial charge on any atom is 0.352 e. The van der Waals surface area contributed by atoms with E-state index in [9.17, 15) is 18.0 Å². The van der Waals surface area contributed by atoms with Gasteiger partial charge in [-0.15, -0.1) is 0 Å². The molecular formula is C13H11N3O6S. The van der Waals surface area contributed by atoms with Gasteiger partial charge in [-0.1, -0.05) is 0 Å². The zero-order valence-electron chi connectivity index (χ0n) is 11.7. The Labute approximate surface area is 129 Å². The van der Waals surface area contributed by atoms with Crippen molar-refractivity contribution in [2.24, 2.45) is 0 Å². The number of hydrogen-bond acceptors (Lipinski definition) is 5. The van der Waals surface area contributed by atoms with Crippen molar-refractivity contribution in [1.29, 1.82) is 0 Å². The molecule has 23 heavy (non-hydrogen) atoms. The minimum atomic E-state index is -4.17. The summed E-state index contributed by atoms with van der Waals surface area (Å²) < 4.78 is 31.0. The molecule has 0 radical (unpaired) electrons. The molecule has 0 fully saturated rings. The summed E-state index contributed by atoms with van der Waals surface area (Å²) in [5, 5.41) is 11.3. The van der Waals surface area contributed by atoms with Crippen LogP contribution in [0.15, 0.2) is 40.2 Å². The lowest BCUT2D eigenvalue weighted by atomic mass is 10.2. The molecule has 3 aromatic rings. The number of aromatic amines is 2.